The van der Waals surface area contributed by atoms with E-state index in [-0.39, 0.29) is 5.41 Å². The predicted molar refractivity (Wildman–Crippen MR) is 65.8 cm³/mol. The first-order valence-corrected chi connectivity index (χ1v) is 6.71. The largest absolute Gasteiger partial charge is 0.376 e. The van der Waals surface area contributed by atoms with Crippen LogP contribution in [0.25, 0.3) is 0 Å². The van der Waals surface area contributed by atoms with Gasteiger partial charge in [0.2, 0.25) is 0 Å². The molecule has 4 heteroatoms. The van der Waals surface area contributed by atoms with Gasteiger partial charge in [0.15, 0.2) is 4.80 Å². The fourth-order valence-corrected chi connectivity index (χ4v) is 3.11. The molecular formula is C12H20N2OS. The van der Waals surface area contributed by atoms with Gasteiger partial charge in [-0.25, -0.2) is 0 Å². The van der Waals surface area contributed by atoms with Gasteiger partial charge in [-0.2, -0.15) is 0 Å². The van der Waals surface area contributed by atoms with E-state index in [1.54, 1.807) is 0 Å². The summed E-state index contributed by atoms with van der Waals surface area (Å²) in [5.74, 6) is 0. The van der Waals surface area contributed by atoms with Crippen LogP contribution in [0.15, 0.2) is 5.38 Å². The lowest BCUT2D eigenvalue weighted by Gasteiger charge is -2.22. The first-order chi connectivity index (χ1) is 7.48. The van der Waals surface area contributed by atoms with Crippen molar-refractivity contribution in [2.45, 2.75) is 51.7 Å². The van der Waals surface area contributed by atoms with Gasteiger partial charge in [-0.15, -0.1) is 11.3 Å². The number of ether oxygens (including phenoxy) is 1. The third-order valence-electron chi connectivity index (χ3n) is 3.00. The van der Waals surface area contributed by atoms with Crippen LogP contribution in [0.5, 0.6) is 0 Å². The molecule has 0 saturated carbocycles. The molecule has 1 aromatic heterocycles. The van der Waals surface area contributed by atoms with Gasteiger partial charge in [0.05, 0.1) is 12.6 Å². The minimum Gasteiger partial charge on any atom is -0.376 e. The average molecular weight is 240 g/mol. The molecule has 2 heterocycles. The second kappa shape index (κ2) is 4.34. The highest BCUT2D eigenvalue weighted by Gasteiger charge is 2.23. The smallest absolute Gasteiger partial charge is 0.182 e. The first kappa shape index (κ1) is 11.9. The van der Waals surface area contributed by atoms with Gasteiger partial charge in [-0.1, -0.05) is 20.8 Å². The summed E-state index contributed by atoms with van der Waals surface area (Å²) in [7, 11) is 0. The summed E-state index contributed by atoms with van der Waals surface area (Å²) in [5.41, 5.74) is 1.35. The van der Waals surface area contributed by atoms with E-state index in [2.05, 4.69) is 30.7 Å². The molecule has 1 N–H and O–H groups in total. The highest BCUT2D eigenvalue weighted by molar-refractivity contribution is 7.07. The zero-order valence-corrected chi connectivity index (χ0v) is 11.1. The Balaban J connectivity index is 2.25. The molecule has 0 aliphatic carbocycles. The molecule has 0 spiro atoms. The van der Waals surface area contributed by atoms with E-state index >= 15 is 0 Å². The molecule has 0 radical (unpaired) electrons. The fraction of sp³-hybridized carbons (Fsp3) is 0.750. The van der Waals surface area contributed by atoms with Crippen molar-refractivity contribution in [3.05, 3.63) is 15.9 Å². The summed E-state index contributed by atoms with van der Waals surface area (Å²) < 4.78 is 7.76. The second-order valence-electron chi connectivity index (χ2n) is 5.42. The molecule has 16 heavy (non-hydrogen) atoms. The molecule has 0 bridgehead atoms. The molecule has 1 fully saturated rings. The van der Waals surface area contributed by atoms with Crippen LogP contribution in [0.3, 0.4) is 0 Å². The van der Waals surface area contributed by atoms with Crippen LogP contribution >= 0.6 is 11.3 Å². The van der Waals surface area contributed by atoms with E-state index in [9.17, 15) is 0 Å². The summed E-state index contributed by atoms with van der Waals surface area (Å²) in [6.45, 7) is 8.31. The van der Waals surface area contributed by atoms with Crippen molar-refractivity contribution in [2.75, 3.05) is 6.61 Å². The highest BCUT2D eigenvalue weighted by atomic mass is 32.1. The Hall–Kier alpha value is -0.610. The molecule has 2 rings (SSSR count). The number of aromatic nitrogens is 1. The summed E-state index contributed by atoms with van der Waals surface area (Å²) >= 11 is 1.52. The van der Waals surface area contributed by atoms with Crippen molar-refractivity contribution in [3.63, 3.8) is 0 Å². The standard InChI is InChI=1S/C12H20N2OS/c1-12(2,3)10-8-16-11(13)14(10)7-9-5-4-6-15-9/h8-9,13H,4-7H2,1-3H3/t9-/m1/s1. The number of rotatable bonds is 2. The molecule has 0 aromatic carbocycles. The number of nitrogens with one attached hydrogen (secondary N) is 1. The Labute approximate surface area is 101 Å². The molecule has 0 amide bonds. The molecule has 0 unspecified atom stereocenters. The van der Waals surface area contributed by atoms with Gasteiger partial charge in [0, 0.05) is 23.1 Å². The van der Waals surface area contributed by atoms with Gasteiger partial charge < -0.3 is 9.30 Å². The molecule has 1 aliphatic rings. The van der Waals surface area contributed by atoms with E-state index in [0.29, 0.717) is 10.9 Å². The molecule has 1 saturated heterocycles. The molecule has 1 aromatic rings. The molecule has 1 aliphatic heterocycles. The number of nitrogens with zero attached hydrogens (tertiary/aromatic N) is 1. The molecule has 1 atom stereocenters. The summed E-state index contributed by atoms with van der Waals surface area (Å²) in [4.78, 5) is 0.639. The van der Waals surface area contributed by atoms with Crippen LogP contribution in [0.2, 0.25) is 0 Å². The fourth-order valence-electron chi connectivity index (χ4n) is 2.10. The SMILES string of the molecule is CC(C)(C)c1csc(=N)n1C[C@H]1CCCO1. The van der Waals surface area contributed by atoms with Crippen molar-refractivity contribution in [2.24, 2.45) is 0 Å². The molecule has 3 nitrogen and oxygen atoms in total. The lowest BCUT2D eigenvalue weighted by atomic mass is 9.93. The van der Waals surface area contributed by atoms with E-state index in [1.165, 1.54) is 17.0 Å². The Morgan fingerprint density at radius 3 is 2.88 bits per heavy atom. The number of thiazole rings is 1. The first-order valence-electron chi connectivity index (χ1n) is 5.83. The Bertz CT molecular complexity index is 407. The van der Waals surface area contributed by atoms with E-state index in [4.69, 9.17) is 10.1 Å². The van der Waals surface area contributed by atoms with Crippen molar-refractivity contribution >= 4 is 11.3 Å². The van der Waals surface area contributed by atoms with Crippen molar-refractivity contribution in [1.82, 2.24) is 4.57 Å². The maximum absolute atomic E-state index is 7.96. The van der Waals surface area contributed by atoms with Crippen LogP contribution in [0.4, 0.5) is 0 Å². The van der Waals surface area contributed by atoms with Crippen LogP contribution < -0.4 is 4.80 Å². The number of hydrogen-bond donors (Lipinski definition) is 1. The summed E-state index contributed by atoms with van der Waals surface area (Å²) in [6, 6.07) is 0. The zero-order chi connectivity index (χ0) is 11.8. The highest BCUT2D eigenvalue weighted by Crippen LogP contribution is 2.24. The van der Waals surface area contributed by atoms with Crippen LogP contribution in [-0.2, 0) is 16.7 Å². The van der Waals surface area contributed by atoms with Crippen molar-refractivity contribution in [3.8, 4) is 0 Å². The van der Waals surface area contributed by atoms with Crippen LogP contribution in [-0.4, -0.2) is 17.3 Å². The second-order valence-corrected chi connectivity index (χ2v) is 6.28. The summed E-state index contributed by atoms with van der Waals surface area (Å²) in [5, 5.41) is 10.1. The lowest BCUT2D eigenvalue weighted by Crippen LogP contribution is -2.28. The minimum atomic E-state index is 0.106. The summed E-state index contributed by atoms with van der Waals surface area (Å²) in [6.07, 6.45) is 2.60. The van der Waals surface area contributed by atoms with Crippen molar-refractivity contribution in [1.29, 1.82) is 5.41 Å². The molecular weight excluding hydrogens is 220 g/mol. The maximum Gasteiger partial charge on any atom is 0.182 e. The normalized spacial score (nSPS) is 21.6. The maximum atomic E-state index is 7.96. The Kier molecular flexibility index (Phi) is 3.22. The van der Waals surface area contributed by atoms with E-state index < -0.39 is 0 Å². The van der Waals surface area contributed by atoms with Crippen LogP contribution in [0.1, 0.15) is 39.3 Å². The van der Waals surface area contributed by atoms with E-state index in [0.717, 1.165) is 26.0 Å². The topological polar surface area (TPSA) is 38.0 Å². The quantitative estimate of drug-likeness (QED) is 0.847. The van der Waals surface area contributed by atoms with Gasteiger partial charge in [0.25, 0.3) is 0 Å². The van der Waals surface area contributed by atoms with E-state index in [1.807, 2.05) is 0 Å². The Morgan fingerprint density at radius 2 is 2.31 bits per heavy atom. The zero-order valence-electron chi connectivity index (χ0n) is 10.2. The minimum absolute atomic E-state index is 0.106. The Morgan fingerprint density at radius 1 is 1.56 bits per heavy atom. The lowest BCUT2D eigenvalue weighted by molar-refractivity contribution is 0.0949. The molecule has 90 valence electrons. The monoisotopic (exact) mass is 240 g/mol. The third-order valence-corrected chi connectivity index (χ3v) is 3.78. The van der Waals surface area contributed by atoms with Gasteiger partial charge >= 0.3 is 0 Å². The average Bonchev–Trinajstić information content (AvgIpc) is 2.76. The number of hydrogen-bond acceptors (Lipinski definition) is 3. The van der Waals surface area contributed by atoms with Gasteiger partial charge in [-0.05, 0) is 12.8 Å². The van der Waals surface area contributed by atoms with Crippen molar-refractivity contribution < 1.29 is 4.74 Å². The van der Waals surface area contributed by atoms with Crippen LogP contribution in [0, 0.1) is 5.41 Å². The van der Waals surface area contributed by atoms with Gasteiger partial charge in [-0.3, -0.25) is 5.41 Å². The predicted octanol–water partition coefficient (Wildman–Crippen LogP) is 2.51. The van der Waals surface area contributed by atoms with Gasteiger partial charge in [0.1, 0.15) is 0 Å². The third kappa shape index (κ3) is 2.38.